The summed E-state index contributed by atoms with van der Waals surface area (Å²) in [5.74, 6) is 0. The van der Waals surface area contributed by atoms with Crippen molar-refractivity contribution in [2.45, 2.75) is 6.92 Å². The van der Waals surface area contributed by atoms with Crippen molar-refractivity contribution in [3.63, 3.8) is 0 Å². The number of carbonyl (C=O) groups excluding carboxylic acids is 1. The zero-order valence-electron chi connectivity index (χ0n) is 9.77. The maximum absolute atomic E-state index is 11.7. The molecular weight excluding hydrogens is 250 g/mol. The van der Waals surface area contributed by atoms with E-state index in [0.29, 0.717) is 16.4 Å². The highest BCUT2D eigenvalue weighted by Gasteiger charge is 2.02. The highest BCUT2D eigenvalue weighted by atomic mass is 35.5. The summed E-state index contributed by atoms with van der Waals surface area (Å²) in [6.07, 6.45) is 1.60. The second-order valence-electron chi connectivity index (χ2n) is 3.78. The number of amides is 2. The maximum Gasteiger partial charge on any atom is 0.323 e. The van der Waals surface area contributed by atoms with E-state index < -0.39 is 0 Å². The number of hydrogen-bond donors (Lipinski definition) is 2. The van der Waals surface area contributed by atoms with Crippen LogP contribution in [0.3, 0.4) is 0 Å². The number of pyridine rings is 1. The monoisotopic (exact) mass is 261 g/mol. The van der Waals surface area contributed by atoms with E-state index in [1.165, 1.54) is 0 Å². The van der Waals surface area contributed by atoms with Gasteiger partial charge in [0.05, 0.1) is 11.9 Å². The highest BCUT2D eigenvalue weighted by molar-refractivity contribution is 6.30. The molecule has 4 nitrogen and oxygen atoms in total. The molecule has 0 saturated carbocycles. The predicted octanol–water partition coefficient (Wildman–Crippen LogP) is 3.69. The third kappa shape index (κ3) is 3.46. The molecule has 0 aliphatic carbocycles. The first kappa shape index (κ1) is 12.4. The SMILES string of the molecule is Cc1ccc(NC(=O)Nc2cccc(Cl)c2)cn1. The van der Waals surface area contributed by atoms with Crippen molar-refractivity contribution in [3.05, 3.63) is 53.3 Å². The van der Waals surface area contributed by atoms with Gasteiger partial charge >= 0.3 is 6.03 Å². The summed E-state index contributed by atoms with van der Waals surface area (Å²) in [6, 6.07) is 10.2. The van der Waals surface area contributed by atoms with Gasteiger partial charge in [0.2, 0.25) is 0 Å². The van der Waals surface area contributed by atoms with Crippen LogP contribution in [0.25, 0.3) is 0 Å². The first-order valence-electron chi connectivity index (χ1n) is 5.40. The minimum atomic E-state index is -0.331. The molecule has 0 spiro atoms. The van der Waals surface area contributed by atoms with Crippen molar-refractivity contribution in [1.29, 1.82) is 0 Å². The maximum atomic E-state index is 11.7. The van der Waals surface area contributed by atoms with Gasteiger partial charge in [0, 0.05) is 16.4 Å². The van der Waals surface area contributed by atoms with Crippen molar-refractivity contribution in [2.75, 3.05) is 10.6 Å². The zero-order chi connectivity index (χ0) is 13.0. The van der Waals surface area contributed by atoms with Crippen LogP contribution in [0, 0.1) is 6.92 Å². The Morgan fingerprint density at radius 1 is 1.17 bits per heavy atom. The molecule has 1 aromatic heterocycles. The largest absolute Gasteiger partial charge is 0.323 e. The summed E-state index contributed by atoms with van der Waals surface area (Å²) in [6.45, 7) is 1.88. The van der Waals surface area contributed by atoms with Crippen LogP contribution in [0.5, 0.6) is 0 Å². The summed E-state index contributed by atoms with van der Waals surface area (Å²) < 4.78 is 0. The number of rotatable bonds is 2. The van der Waals surface area contributed by atoms with Crippen molar-refractivity contribution < 1.29 is 4.79 Å². The van der Waals surface area contributed by atoms with Gasteiger partial charge in [0.15, 0.2) is 0 Å². The number of nitrogens with zero attached hydrogens (tertiary/aromatic N) is 1. The van der Waals surface area contributed by atoms with Crippen LogP contribution in [0.15, 0.2) is 42.6 Å². The van der Waals surface area contributed by atoms with Gasteiger partial charge in [-0.05, 0) is 37.3 Å². The Kier molecular flexibility index (Phi) is 3.79. The van der Waals surface area contributed by atoms with Crippen molar-refractivity contribution in [2.24, 2.45) is 0 Å². The van der Waals surface area contributed by atoms with Crippen LogP contribution in [0.4, 0.5) is 16.2 Å². The molecule has 2 aromatic rings. The summed E-state index contributed by atoms with van der Waals surface area (Å²) in [4.78, 5) is 15.8. The lowest BCUT2D eigenvalue weighted by Crippen LogP contribution is -2.19. The molecule has 2 rings (SSSR count). The molecule has 0 aliphatic rings. The topological polar surface area (TPSA) is 54.0 Å². The minimum Gasteiger partial charge on any atom is -0.308 e. The summed E-state index contributed by atoms with van der Waals surface area (Å²) in [5.41, 5.74) is 2.18. The molecule has 0 aliphatic heterocycles. The van der Waals surface area contributed by atoms with E-state index >= 15 is 0 Å². The molecule has 0 fully saturated rings. The number of aryl methyl sites for hydroxylation is 1. The number of hydrogen-bond acceptors (Lipinski definition) is 2. The van der Waals surface area contributed by atoms with E-state index in [4.69, 9.17) is 11.6 Å². The standard InChI is InChI=1S/C13H12ClN3O/c1-9-5-6-12(8-15-9)17-13(18)16-11-4-2-3-10(14)7-11/h2-8H,1H3,(H2,16,17,18). The zero-order valence-corrected chi connectivity index (χ0v) is 10.5. The average molecular weight is 262 g/mol. The van der Waals surface area contributed by atoms with Gasteiger partial charge in [-0.3, -0.25) is 4.98 Å². The van der Waals surface area contributed by atoms with E-state index in [1.807, 2.05) is 13.0 Å². The molecule has 1 aromatic carbocycles. The van der Waals surface area contributed by atoms with Gasteiger partial charge in [-0.25, -0.2) is 4.79 Å². The van der Waals surface area contributed by atoms with Crippen molar-refractivity contribution >= 4 is 29.0 Å². The molecule has 0 saturated heterocycles. The molecule has 0 unspecified atom stereocenters. The number of benzene rings is 1. The van der Waals surface area contributed by atoms with E-state index in [0.717, 1.165) is 5.69 Å². The molecule has 18 heavy (non-hydrogen) atoms. The second-order valence-corrected chi connectivity index (χ2v) is 4.21. The lowest BCUT2D eigenvalue weighted by molar-refractivity contribution is 0.262. The molecule has 5 heteroatoms. The molecule has 0 radical (unpaired) electrons. The molecule has 92 valence electrons. The van der Waals surface area contributed by atoms with Crippen LogP contribution < -0.4 is 10.6 Å². The first-order chi connectivity index (χ1) is 8.63. The number of halogens is 1. The second kappa shape index (κ2) is 5.51. The molecule has 0 atom stereocenters. The molecule has 1 heterocycles. The van der Waals surface area contributed by atoms with Crippen LogP contribution >= 0.6 is 11.6 Å². The fourth-order valence-electron chi connectivity index (χ4n) is 1.40. The van der Waals surface area contributed by atoms with E-state index in [-0.39, 0.29) is 6.03 Å². The fraction of sp³-hybridized carbons (Fsp3) is 0.0769. The fourth-order valence-corrected chi connectivity index (χ4v) is 1.59. The highest BCUT2D eigenvalue weighted by Crippen LogP contribution is 2.15. The van der Waals surface area contributed by atoms with E-state index in [2.05, 4.69) is 15.6 Å². The van der Waals surface area contributed by atoms with Gasteiger partial charge in [-0.1, -0.05) is 17.7 Å². The summed E-state index contributed by atoms with van der Waals surface area (Å²) in [7, 11) is 0. The summed E-state index contributed by atoms with van der Waals surface area (Å²) >= 11 is 5.82. The predicted molar refractivity (Wildman–Crippen MR) is 73.1 cm³/mol. The number of carbonyl (C=O) groups is 1. The number of anilines is 2. The van der Waals surface area contributed by atoms with Crippen LogP contribution in [-0.2, 0) is 0 Å². The summed E-state index contributed by atoms with van der Waals surface area (Å²) in [5, 5.41) is 5.94. The lowest BCUT2D eigenvalue weighted by Gasteiger charge is -2.07. The van der Waals surface area contributed by atoms with Gasteiger partial charge in [0.25, 0.3) is 0 Å². The smallest absolute Gasteiger partial charge is 0.308 e. The third-order valence-corrected chi connectivity index (χ3v) is 2.49. The Morgan fingerprint density at radius 3 is 2.61 bits per heavy atom. The van der Waals surface area contributed by atoms with E-state index in [9.17, 15) is 4.79 Å². The van der Waals surface area contributed by atoms with E-state index in [1.54, 1.807) is 36.5 Å². The normalized spacial score (nSPS) is 9.89. The van der Waals surface area contributed by atoms with Crippen molar-refractivity contribution in [1.82, 2.24) is 4.98 Å². The Morgan fingerprint density at radius 2 is 1.94 bits per heavy atom. The van der Waals surface area contributed by atoms with Crippen LogP contribution in [-0.4, -0.2) is 11.0 Å². The molecule has 2 N–H and O–H groups in total. The molecule has 2 amide bonds. The third-order valence-electron chi connectivity index (χ3n) is 2.25. The van der Waals surface area contributed by atoms with Gasteiger partial charge in [-0.15, -0.1) is 0 Å². The quantitative estimate of drug-likeness (QED) is 0.866. The Bertz CT molecular complexity index is 554. The lowest BCUT2D eigenvalue weighted by atomic mass is 10.3. The van der Waals surface area contributed by atoms with Crippen LogP contribution in [0.1, 0.15) is 5.69 Å². The van der Waals surface area contributed by atoms with Crippen molar-refractivity contribution in [3.8, 4) is 0 Å². The van der Waals surface area contributed by atoms with Gasteiger partial charge in [0.1, 0.15) is 0 Å². The minimum absolute atomic E-state index is 0.331. The number of aromatic nitrogens is 1. The average Bonchev–Trinajstić information content (AvgIpc) is 2.32. The first-order valence-corrected chi connectivity index (χ1v) is 5.77. The Hall–Kier alpha value is -2.07. The van der Waals surface area contributed by atoms with Gasteiger partial charge < -0.3 is 10.6 Å². The number of urea groups is 1. The molecule has 0 bridgehead atoms. The molecular formula is C13H12ClN3O. The van der Waals surface area contributed by atoms with Crippen LogP contribution in [0.2, 0.25) is 5.02 Å². The Balaban J connectivity index is 1.98. The number of nitrogens with one attached hydrogen (secondary N) is 2. The Labute approximate surface area is 110 Å². The van der Waals surface area contributed by atoms with Gasteiger partial charge in [-0.2, -0.15) is 0 Å².